The van der Waals surface area contributed by atoms with Crippen molar-refractivity contribution in [1.29, 1.82) is 0 Å². The summed E-state index contributed by atoms with van der Waals surface area (Å²) in [6.07, 6.45) is 78.2. The zero-order chi connectivity index (χ0) is 79.7. The van der Waals surface area contributed by atoms with E-state index in [1.165, 1.54) is 308 Å². The van der Waals surface area contributed by atoms with Gasteiger partial charge in [0.2, 0.25) is 0 Å². The molecule has 0 aromatic heterocycles. The summed E-state index contributed by atoms with van der Waals surface area (Å²) in [5, 5.41) is 10.7. The highest BCUT2D eigenvalue weighted by Gasteiger charge is 2.31. The van der Waals surface area contributed by atoms with Crippen LogP contribution in [0.4, 0.5) is 0 Å². The lowest BCUT2D eigenvalue weighted by Gasteiger charge is -2.21. The summed E-state index contributed by atoms with van der Waals surface area (Å²) in [5.41, 5.74) is 0. The van der Waals surface area contributed by atoms with Crippen LogP contribution in [0.25, 0.3) is 0 Å². The summed E-state index contributed by atoms with van der Waals surface area (Å²) in [6.45, 7) is 7.30. The highest BCUT2D eigenvalue weighted by Crippen LogP contribution is 2.45. The standard InChI is InChI=1S/C90H176O17P2/c1-6-9-12-15-18-21-24-27-30-33-36-39-42-45-48-51-54-57-63-68-73-87(92)100-79-85(106-89(94)75-70-65-58-55-52-49-46-43-40-37-34-31-28-25-22-19-16-13-10-7-2)81-104-108(96,97)102-77-84(91)78-103-109(98,99)105-82-86(80-101-88(93)74-69-64-61-60-62-67-72-83(4)5)107-90(95)76-71-66-59-56-53-50-47-44-41-38-35-32-29-26-23-20-17-14-11-8-3/h83-86,91H,6-82H2,1-5H3,(H,96,97)(H,98,99)/t84-,85-,86-/m1/s1. The van der Waals surface area contributed by atoms with Gasteiger partial charge in [-0.15, -0.1) is 0 Å². The molecule has 0 rings (SSSR count). The highest BCUT2D eigenvalue weighted by molar-refractivity contribution is 7.47. The van der Waals surface area contributed by atoms with Gasteiger partial charge in [0, 0.05) is 25.7 Å². The molecule has 0 aliphatic carbocycles. The summed E-state index contributed by atoms with van der Waals surface area (Å²) in [4.78, 5) is 73.3. The third kappa shape index (κ3) is 83.8. The van der Waals surface area contributed by atoms with Crippen molar-refractivity contribution in [3.63, 3.8) is 0 Å². The number of esters is 4. The molecule has 109 heavy (non-hydrogen) atoms. The van der Waals surface area contributed by atoms with E-state index in [4.69, 9.17) is 37.0 Å². The van der Waals surface area contributed by atoms with Crippen molar-refractivity contribution in [2.45, 2.75) is 509 Å². The first kappa shape index (κ1) is 107. The molecule has 19 heteroatoms. The van der Waals surface area contributed by atoms with E-state index in [9.17, 15) is 43.2 Å². The van der Waals surface area contributed by atoms with Crippen LogP contribution in [0, 0.1) is 5.92 Å². The van der Waals surface area contributed by atoms with Gasteiger partial charge in [0.25, 0.3) is 0 Å². The molecule has 648 valence electrons. The van der Waals surface area contributed by atoms with Gasteiger partial charge in [-0.25, -0.2) is 9.13 Å². The Morgan fingerprint density at radius 3 is 0.624 bits per heavy atom. The Labute approximate surface area is 670 Å². The summed E-state index contributed by atoms with van der Waals surface area (Å²) in [7, 11) is -9.93. The molecule has 0 aromatic carbocycles. The van der Waals surface area contributed by atoms with Gasteiger partial charge in [-0.1, -0.05) is 439 Å². The Balaban J connectivity index is 5.19. The fourth-order valence-corrected chi connectivity index (χ4v) is 15.8. The minimum absolute atomic E-state index is 0.108. The molecule has 0 aromatic rings. The van der Waals surface area contributed by atoms with Crippen LogP contribution < -0.4 is 0 Å². The van der Waals surface area contributed by atoms with Crippen LogP contribution in [0.3, 0.4) is 0 Å². The van der Waals surface area contributed by atoms with Gasteiger partial charge in [0.15, 0.2) is 12.2 Å². The number of ether oxygens (including phenoxy) is 4. The normalized spacial score (nSPS) is 13.7. The molecular weight excluding hydrogens is 1410 g/mol. The first-order chi connectivity index (χ1) is 53.0. The number of aliphatic hydroxyl groups is 1. The van der Waals surface area contributed by atoms with Gasteiger partial charge in [0.05, 0.1) is 26.4 Å². The number of carbonyl (C=O) groups excluding carboxylic acids is 4. The molecule has 17 nitrogen and oxygen atoms in total. The van der Waals surface area contributed by atoms with Crippen molar-refractivity contribution in [2.75, 3.05) is 39.6 Å². The number of phosphoric ester groups is 2. The maximum atomic E-state index is 13.2. The molecule has 2 unspecified atom stereocenters. The van der Waals surface area contributed by atoms with Gasteiger partial charge in [0.1, 0.15) is 19.3 Å². The minimum atomic E-state index is -4.97. The van der Waals surface area contributed by atoms with Gasteiger partial charge >= 0.3 is 39.5 Å². The molecule has 0 aliphatic heterocycles. The fourth-order valence-electron chi connectivity index (χ4n) is 14.2. The largest absolute Gasteiger partial charge is 0.472 e. The predicted octanol–water partition coefficient (Wildman–Crippen LogP) is 27.9. The maximum absolute atomic E-state index is 13.2. The molecule has 0 saturated carbocycles. The molecule has 0 radical (unpaired) electrons. The second kappa shape index (κ2) is 82.6. The zero-order valence-corrected chi connectivity index (χ0v) is 73.5. The Kier molecular flexibility index (Phi) is 81.1. The lowest BCUT2D eigenvalue weighted by atomic mass is 10.0. The smallest absolute Gasteiger partial charge is 0.462 e. The monoisotopic (exact) mass is 1590 g/mol. The fraction of sp³-hybridized carbons (Fsp3) is 0.956. The summed E-state index contributed by atoms with van der Waals surface area (Å²) in [5.74, 6) is -1.42. The summed E-state index contributed by atoms with van der Waals surface area (Å²) >= 11 is 0. The number of aliphatic hydroxyl groups excluding tert-OH is 1. The Bertz CT molecular complexity index is 2070. The maximum Gasteiger partial charge on any atom is 0.472 e. The van der Waals surface area contributed by atoms with Crippen LogP contribution in [-0.4, -0.2) is 96.7 Å². The van der Waals surface area contributed by atoms with E-state index in [-0.39, 0.29) is 25.7 Å². The van der Waals surface area contributed by atoms with E-state index in [2.05, 4.69) is 34.6 Å². The van der Waals surface area contributed by atoms with E-state index in [0.29, 0.717) is 31.6 Å². The molecule has 0 spiro atoms. The zero-order valence-electron chi connectivity index (χ0n) is 71.7. The third-order valence-corrected chi connectivity index (χ3v) is 23.2. The second-order valence-electron chi connectivity index (χ2n) is 32.8. The first-order valence-corrected chi connectivity index (χ1v) is 49.6. The highest BCUT2D eigenvalue weighted by atomic mass is 31.2. The Morgan fingerprint density at radius 1 is 0.248 bits per heavy atom. The topological polar surface area (TPSA) is 237 Å². The van der Waals surface area contributed by atoms with Crippen molar-refractivity contribution in [3.8, 4) is 0 Å². The lowest BCUT2D eigenvalue weighted by molar-refractivity contribution is -0.161. The molecule has 3 N–H and O–H groups in total. The third-order valence-electron chi connectivity index (χ3n) is 21.3. The van der Waals surface area contributed by atoms with Crippen LogP contribution in [0.5, 0.6) is 0 Å². The van der Waals surface area contributed by atoms with E-state index < -0.39 is 97.5 Å². The lowest BCUT2D eigenvalue weighted by Crippen LogP contribution is -2.30. The Hall–Kier alpha value is -1.94. The second-order valence-corrected chi connectivity index (χ2v) is 35.7. The van der Waals surface area contributed by atoms with Crippen molar-refractivity contribution in [2.24, 2.45) is 5.92 Å². The Morgan fingerprint density at radius 2 is 0.422 bits per heavy atom. The summed E-state index contributed by atoms with van der Waals surface area (Å²) in [6, 6.07) is 0. The minimum Gasteiger partial charge on any atom is -0.462 e. The van der Waals surface area contributed by atoms with E-state index in [1.807, 2.05) is 0 Å². The molecule has 0 aliphatic rings. The molecule has 0 bridgehead atoms. The van der Waals surface area contributed by atoms with Crippen molar-refractivity contribution >= 4 is 39.5 Å². The number of carbonyl (C=O) groups is 4. The van der Waals surface area contributed by atoms with E-state index in [1.54, 1.807) is 0 Å². The number of phosphoric acid groups is 2. The van der Waals surface area contributed by atoms with Crippen LogP contribution >= 0.6 is 15.6 Å². The molecule has 0 amide bonds. The molecule has 0 saturated heterocycles. The van der Waals surface area contributed by atoms with Crippen LogP contribution in [0.15, 0.2) is 0 Å². The van der Waals surface area contributed by atoms with E-state index in [0.717, 1.165) is 96.3 Å². The first-order valence-electron chi connectivity index (χ1n) is 46.6. The van der Waals surface area contributed by atoms with Crippen molar-refractivity contribution in [3.05, 3.63) is 0 Å². The van der Waals surface area contributed by atoms with Crippen molar-refractivity contribution in [1.82, 2.24) is 0 Å². The van der Waals surface area contributed by atoms with Crippen molar-refractivity contribution < 1.29 is 80.2 Å². The van der Waals surface area contributed by atoms with Gasteiger partial charge < -0.3 is 33.8 Å². The molecule has 0 fully saturated rings. The molecular formula is C90H176O17P2. The quantitative estimate of drug-likeness (QED) is 0.0222. The van der Waals surface area contributed by atoms with E-state index >= 15 is 0 Å². The van der Waals surface area contributed by atoms with Crippen LogP contribution in [0.1, 0.15) is 490 Å². The SMILES string of the molecule is CCCCCCCCCCCCCCCCCCCCCCC(=O)OC[C@H](COP(=O)(O)OC[C@@H](O)COP(=O)(O)OC[C@@H](COC(=O)CCCCCCCCC(C)C)OC(=O)CCCCCCCCCCCCCCCCCCCCCC)OC(=O)CCCCCCCCCCCCCCCCCCCCCC. The summed E-state index contributed by atoms with van der Waals surface area (Å²) < 4.78 is 69.0. The number of hydrogen-bond donors (Lipinski definition) is 3. The van der Waals surface area contributed by atoms with Gasteiger partial charge in [-0.05, 0) is 31.6 Å². The average Bonchev–Trinajstić information content (AvgIpc) is 0.901. The van der Waals surface area contributed by atoms with Gasteiger partial charge in [-0.3, -0.25) is 37.3 Å². The van der Waals surface area contributed by atoms with Crippen LogP contribution in [-0.2, 0) is 65.4 Å². The number of unbranched alkanes of at least 4 members (excludes halogenated alkanes) is 62. The molecule has 5 atom stereocenters. The predicted molar refractivity (Wildman–Crippen MR) is 451 cm³/mol. The average molecular weight is 1590 g/mol. The van der Waals surface area contributed by atoms with Gasteiger partial charge in [-0.2, -0.15) is 0 Å². The number of rotatable bonds is 90. The molecule has 0 heterocycles. The van der Waals surface area contributed by atoms with Crippen LogP contribution in [0.2, 0.25) is 0 Å². The number of hydrogen-bond acceptors (Lipinski definition) is 15.